The van der Waals surface area contributed by atoms with Crippen molar-refractivity contribution in [1.29, 1.82) is 0 Å². The molecule has 1 aliphatic heterocycles. The number of Topliss-reactive ketones (excluding diaryl/α,β-unsaturated/α-hetero) is 1. The maximum Gasteiger partial charge on any atom is 0.263 e. The second-order valence-electron chi connectivity index (χ2n) is 8.29. The molecule has 2 heterocycles. The third-order valence-electron chi connectivity index (χ3n) is 5.47. The molecule has 0 atom stereocenters. The average Bonchev–Trinajstić information content (AvgIpc) is 3.19. The summed E-state index contributed by atoms with van der Waals surface area (Å²) < 4.78 is 5.07. The second kappa shape index (κ2) is 9.84. The molecule has 0 amide bonds. The van der Waals surface area contributed by atoms with E-state index in [1.165, 1.54) is 36.4 Å². The molecule has 0 N–H and O–H groups in total. The first kappa shape index (κ1) is 19.8. The fourth-order valence-electron chi connectivity index (χ4n) is 3.96. The lowest BCUT2D eigenvalue weighted by Crippen LogP contribution is -2.33. The molecule has 0 radical (unpaired) electrons. The summed E-state index contributed by atoms with van der Waals surface area (Å²) in [5, 5.41) is 0. The molecule has 0 bridgehead atoms. The lowest BCUT2D eigenvalue weighted by Gasteiger charge is -2.32. The van der Waals surface area contributed by atoms with Gasteiger partial charge in [-0.15, -0.1) is 0 Å². The molecule has 1 aromatic carbocycles. The van der Waals surface area contributed by atoms with Crippen LogP contribution in [0.3, 0.4) is 0 Å². The van der Waals surface area contributed by atoms with Gasteiger partial charge in [-0.25, -0.2) is 4.98 Å². The number of oxazole rings is 1. The van der Waals surface area contributed by atoms with Crippen LogP contribution in [0.4, 0.5) is 0 Å². The van der Waals surface area contributed by atoms with E-state index in [4.69, 9.17) is 4.42 Å². The lowest BCUT2D eigenvalue weighted by atomic mass is 9.91. The van der Waals surface area contributed by atoms with Crippen LogP contribution in [-0.4, -0.2) is 28.8 Å². The summed E-state index contributed by atoms with van der Waals surface area (Å²) in [6.45, 7) is 7.90. The predicted molar refractivity (Wildman–Crippen MR) is 108 cm³/mol. The zero-order chi connectivity index (χ0) is 19.1. The van der Waals surface area contributed by atoms with Crippen LogP contribution in [0.2, 0.25) is 0 Å². The highest BCUT2D eigenvalue weighted by Gasteiger charge is 2.20. The summed E-state index contributed by atoms with van der Waals surface area (Å²) in [6.07, 6.45) is 9.22. The van der Waals surface area contributed by atoms with Crippen LogP contribution in [0.15, 0.2) is 41.1 Å². The molecule has 3 rings (SSSR count). The van der Waals surface area contributed by atoms with Crippen LogP contribution in [0.5, 0.6) is 0 Å². The molecular weight excluding hydrogens is 336 g/mol. The second-order valence-corrected chi connectivity index (χ2v) is 8.29. The van der Waals surface area contributed by atoms with Crippen LogP contribution >= 0.6 is 0 Å². The largest absolute Gasteiger partial charge is 0.442 e. The molecule has 146 valence electrons. The summed E-state index contributed by atoms with van der Waals surface area (Å²) in [7, 11) is 0. The predicted octanol–water partition coefficient (Wildman–Crippen LogP) is 5.14. The highest BCUT2D eigenvalue weighted by molar-refractivity contribution is 5.91. The number of benzene rings is 1. The van der Waals surface area contributed by atoms with E-state index in [0.717, 1.165) is 44.8 Å². The molecule has 1 aliphatic rings. The van der Waals surface area contributed by atoms with E-state index in [-0.39, 0.29) is 11.7 Å². The van der Waals surface area contributed by atoms with Gasteiger partial charge in [-0.1, -0.05) is 38.1 Å². The van der Waals surface area contributed by atoms with Gasteiger partial charge in [0.25, 0.3) is 5.89 Å². The summed E-state index contributed by atoms with van der Waals surface area (Å²) in [6, 6.07) is 9.15. The lowest BCUT2D eigenvalue weighted by molar-refractivity contribution is 0.0940. The minimum atomic E-state index is 0.0262. The molecule has 1 saturated heterocycles. The van der Waals surface area contributed by atoms with Crippen molar-refractivity contribution in [3.63, 3.8) is 0 Å². The smallest absolute Gasteiger partial charge is 0.263 e. The monoisotopic (exact) mass is 368 g/mol. The first-order valence-electron chi connectivity index (χ1n) is 10.3. The van der Waals surface area contributed by atoms with Crippen molar-refractivity contribution in [3.05, 3.63) is 53.7 Å². The summed E-state index contributed by atoms with van der Waals surface area (Å²) in [5.74, 6) is 1.73. The zero-order valence-corrected chi connectivity index (χ0v) is 16.7. The molecule has 0 saturated carbocycles. The number of nitrogens with zero attached hydrogens (tertiary/aromatic N) is 2. The van der Waals surface area contributed by atoms with Gasteiger partial charge in [0.2, 0.25) is 5.78 Å². The summed E-state index contributed by atoms with van der Waals surface area (Å²) in [4.78, 5) is 18.4. The van der Waals surface area contributed by atoms with Crippen molar-refractivity contribution in [2.45, 2.75) is 58.9 Å². The first-order valence-corrected chi connectivity index (χ1v) is 10.3. The Labute approximate surface area is 163 Å². The Morgan fingerprint density at radius 1 is 1.19 bits per heavy atom. The fourth-order valence-corrected chi connectivity index (χ4v) is 3.96. The van der Waals surface area contributed by atoms with Crippen molar-refractivity contribution in [2.24, 2.45) is 11.8 Å². The number of carbonyl (C=O) groups is 1. The summed E-state index contributed by atoms with van der Waals surface area (Å²) >= 11 is 0. The van der Waals surface area contributed by atoms with Crippen molar-refractivity contribution in [1.82, 2.24) is 9.88 Å². The Hall–Kier alpha value is -1.94. The Kier molecular flexibility index (Phi) is 7.22. The van der Waals surface area contributed by atoms with Gasteiger partial charge < -0.3 is 4.42 Å². The van der Waals surface area contributed by atoms with E-state index in [1.807, 2.05) is 0 Å². The third-order valence-corrected chi connectivity index (χ3v) is 5.47. The fraction of sp³-hybridized carbons (Fsp3) is 0.565. The number of piperidine rings is 1. The third kappa shape index (κ3) is 6.31. The van der Waals surface area contributed by atoms with Crippen molar-refractivity contribution in [2.75, 3.05) is 13.1 Å². The first-order chi connectivity index (χ1) is 13.1. The molecule has 1 fully saturated rings. The van der Waals surface area contributed by atoms with Crippen LogP contribution in [-0.2, 0) is 13.0 Å². The van der Waals surface area contributed by atoms with Gasteiger partial charge in [-0.05, 0) is 68.2 Å². The van der Waals surface area contributed by atoms with Gasteiger partial charge in [0.1, 0.15) is 6.26 Å². The molecule has 0 unspecified atom stereocenters. The molecular formula is C23H32N2O2. The highest BCUT2D eigenvalue weighted by atomic mass is 16.3. The molecule has 2 aromatic rings. The Balaban J connectivity index is 1.34. The van der Waals surface area contributed by atoms with E-state index in [1.54, 1.807) is 0 Å². The maximum atomic E-state index is 11.9. The minimum absolute atomic E-state index is 0.0262. The van der Waals surface area contributed by atoms with Crippen molar-refractivity contribution in [3.8, 4) is 0 Å². The Morgan fingerprint density at radius 3 is 2.52 bits per heavy atom. The van der Waals surface area contributed by atoms with Crippen LogP contribution < -0.4 is 0 Å². The Bertz CT molecular complexity index is 684. The van der Waals surface area contributed by atoms with E-state index < -0.39 is 0 Å². The number of likely N-dealkylation sites (tertiary alicyclic amines) is 1. The number of rotatable bonds is 9. The van der Waals surface area contributed by atoms with E-state index in [0.29, 0.717) is 12.3 Å². The van der Waals surface area contributed by atoms with Gasteiger partial charge in [0, 0.05) is 13.0 Å². The number of aromatic nitrogens is 1. The minimum Gasteiger partial charge on any atom is -0.442 e. The molecule has 4 nitrogen and oxygen atoms in total. The quantitative estimate of drug-likeness (QED) is 0.575. The number of hydrogen-bond acceptors (Lipinski definition) is 4. The normalized spacial score (nSPS) is 16.1. The molecule has 0 aliphatic carbocycles. The standard InChI is InChI=1S/C23H32N2O2/c1-18(2)16-20-6-8-21(9-7-20)17-25-13-10-19(11-14-25)4-3-5-22(26)23-24-12-15-27-23/h6-9,12,15,18-19H,3-5,10-11,13-14,16-17H2,1-2H3. The number of hydrogen-bond donors (Lipinski definition) is 0. The van der Waals surface area contributed by atoms with Gasteiger partial charge >= 0.3 is 0 Å². The average molecular weight is 369 g/mol. The van der Waals surface area contributed by atoms with Gasteiger partial charge in [-0.2, -0.15) is 0 Å². The zero-order valence-electron chi connectivity index (χ0n) is 16.7. The molecule has 27 heavy (non-hydrogen) atoms. The van der Waals surface area contributed by atoms with Gasteiger partial charge in [-0.3, -0.25) is 9.69 Å². The van der Waals surface area contributed by atoms with E-state index in [2.05, 4.69) is 48.0 Å². The maximum absolute atomic E-state index is 11.9. The SMILES string of the molecule is CC(C)Cc1ccc(CN2CCC(CCCC(=O)c3ncco3)CC2)cc1. The number of ketones is 1. The van der Waals surface area contributed by atoms with Crippen molar-refractivity contribution >= 4 is 5.78 Å². The van der Waals surface area contributed by atoms with E-state index in [9.17, 15) is 4.79 Å². The molecule has 4 heteroatoms. The highest BCUT2D eigenvalue weighted by Crippen LogP contribution is 2.24. The van der Waals surface area contributed by atoms with Gasteiger partial charge in [0.05, 0.1) is 6.20 Å². The van der Waals surface area contributed by atoms with Crippen LogP contribution in [0, 0.1) is 11.8 Å². The molecule has 0 spiro atoms. The Morgan fingerprint density at radius 2 is 1.89 bits per heavy atom. The number of carbonyl (C=O) groups excluding carboxylic acids is 1. The van der Waals surface area contributed by atoms with Crippen LogP contribution in [0.25, 0.3) is 0 Å². The summed E-state index contributed by atoms with van der Waals surface area (Å²) in [5.41, 5.74) is 2.85. The van der Waals surface area contributed by atoms with E-state index >= 15 is 0 Å². The topological polar surface area (TPSA) is 46.3 Å². The molecule has 1 aromatic heterocycles. The van der Waals surface area contributed by atoms with Crippen molar-refractivity contribution < 1.29 is 9.21 Å². The van der Waals surface area contributed by atoms with Gasteiger partial charge in [0.15, 0.2) is 0 Å². The van der Waals surface area contributed by atoms with Crippen LogP contribution in [0.1, 0.15) is 67.8 Å².